The van der Waals surface area contributed by atoms with E-state index in [1.807, 2.05) is 36.4 Å². The molecule has 1 aromatic carbocycles. The maximum Gasteiger partial charge on any atom is 0.404 e. The Labute approximate surface area is 111 Å². The molecule has 1 heterocycles. The zero-order chi connectivity index (χ0) is 13.7. The Bertz CT molecular complexity index is 446. The zero-order valence-electron chi connectivity index (χ0n) is 10.4. The van der Waals surface area contributed by atoms with E-state index >= 15 is 0 Å². The maximum absolute atomic E-state index is 10.9. The van der Waals surface area contributed by atoms with Crippen molar-refractivity contribution in [1.29, 1.82) is 0 Å². The minimum Gasteiger partial charge on any atom is -0.443 e. The first-order valence-corrected chi connectivity index (χ1v) is 6.13. The summed E-state index contributed by atoms with van der Waals surface area (Å²) in [7, 11) is 0. The van der Waals surface area contributed by atoms with Gasteiger partial charge in [0, 0.05) is 6.42 Å². The molecule has 0 bridgehead atoms. The van der Waals surface area contributed by atoms with Crippen LogP contribution < -0.4 is 5.73 Å². The Morgan fingerprint density at radius 2 is 2.21 bits per heavy atom. The van der Waals surface area contributed by atoms with E-state index in [1.165, 1.54) is 0 Å². The molecule has 19 heavy (non-hydrogen) atoms. The van der Waals surface area contributed by atoms with E-state index in [9.17, 15) is 9.90 Å². The summed E-state index contributed by atoms with van der Waals surface area (Å²) >= 11 is 0. The number of amides is 1. The van der Waals surface area contributed by atoms with E-state index in [4.69, 9.17) is 15.2 Å². The van der Waals surface area contributed by atoms with Gasteiger partial charge in [0.05, 0.1) is 6.61 Å². The molecule has 3 N–H and O–H groups in total. The summed E-state index contributed by atoms with van der Waals surface area (Å²) in [6, 6.07) is 9.46. The highest BCUT2D eigenvalue weighted by Gasteiger charge is 2.31. The summed E-state index contributed by atoms with van der Waals surface area (Å²) in [4.78, 5) is 10.9. The molecular formula is C14H17NO4. The molecule has 2 rings (SSSR count). The van der Waals surface area contributed by atoms with Gasteiger partial charge < -0.3 is 20.3 Å². The van der Waals surface area contributed by atoms with Crippen molar-refractivity contribution >= 4 is 6.09 Å². The zero-order valence-corrected chi connectivity index (χ0v) is 10.4. The first kappa shape index (κ1) is 13.6. The molecule has 0 saturated carbocycles. The first-order chi connectivity index (χ1) is 9.16. The van der Waals surface area contributed by atoms with Crippen LogP contribution in [0.3, 0.4) is 0 Å². The molecule has 0 spiro atoms. The average Bonchev–Trinajstić information content (AvgIpc) is 2.91. The van der Waals surface area contributed by atoms with Crippen LogP contribution >= 0.6 is 0 Å². The summed E-state index contributed by atoms with van der Waals surface area (Å²) in [5.74, 6) is 0. The smallest absolute Gasteiger partial charge is 0.404 e. The molecule has 3 atom stereocenters. The fraction of sp³-hybridized carbons (Fsp3) is 0.357. The van der Waals surface area contributed by atoms with Crippen molar-refractivity contribution in [3.05, 3.63) is 48.0 Å². The number of nitrogens with two attached hydrogens (primary N) is 1. The third kappa shape index (κ3) is 3.81. The summed E-state index contributed by atoms with van der Waals surface area (Å²) < 4.78 is 10.3. The lowest BCUT2D eigenvalue weighted by Gasteiger charge is -2.25. The summed E-state index contributed by atoms with van der Waals surface area (Å²) in [6.45, 7) is 0.455. The van der Waals surface area contributed by atoms with Crippen molar-refractivity contribution in [2.45, 2.75) is 24.7 Å². The van der Waals surface area contributed by atoms with Gasteiger partial charge in [-0.25, -0.2) is 4.79 Å². The van der Waals surface area contributed by atoms with E-state index in [0.717, 1.165) is 5.56 Å². The minimum atomic E-state index is -0.938. The molecule has 1 aliphatic rings. The minimum absolute atomic E-state index is 0.388. The van der Waals surface area contributed by atoms with Crippen LogP contribution in [0.4, 0.5) is 4.79 Å². The lowest BCUT2D eigenvalue weighted by atomic mass is 10.0. The van der Waals surface area contributed by atoms with Crippen LogP contribution in [0.5, 0.6) is 0 Å². The molecule has 5 nitrogen and oxygen atoms in total. The van der Waals surface area contributed by atoms with Gasteiger partial charge in [0.25, 0.3) is 0 Å². The van der Waals surface area contributed by atoms with Crippen LogP contribution in [-0.4, -0.2) is 36.1 Å². The van der Waals surface area contributed by atoms with Gasteiger partial charge in [-0.1, -0.05) is 42.5 Å². The van der Waals surface area contributed by atoms with Crippen molar-refractivity contribution < 1.29 is 19.4 Å². The van der Waals surface area contributed by atoms with Crippen LogP contribution in [-0.2, 0) is 15.9 Å². The third-order valence-corrected chi connectivity index (χ3v) is 2.98. The van der Waals surface area contributed by atoms with Gasteiger partial charge in [0.15, 0.2) is 0 Å². The van der Waals surface area contributed by atoms with Crippen molar-refractivity contribution in [1.82, 2.24) is 0 Å². The molecule has 5 heteroatoms. The van der Waals surface area contributed by atoms with Crippen molar-refractivity contribution in [3.63, 3.8) is 0 Å². The lowest BCUT2D eigenvalue weighted by molar-refractivity contribution is -0.0598. The average molecular weight is 263 g/mol. The number of aliphatic hydroxyl groups excluding tert-OH is 1. The molecule has 1 aromatic rings. The van der Waals surface area contributed by atoms with Gasteiger partial charge in [0.1, 0.15) is 18.3 Å². The number of primary amides is 1. The van der Waals surface area contributed by atoms with E-state index in [1.54, 1.807) is 6.08 Å². The molecule has 0 aliphatic carbocycles. The van der Waals surface area contributed by atoms with Gasteiger partial charge in [-0.15, -0.1) is 0 Å². The Morgan fingerprint density at radius 1 is 1.47 bits per heavy atom. The van der Waals surface area contributed by atoms with E-state index in [0.29, 0.717) is 13.0 Å². The first-order valence-electron chi connectivity index (χ1n) is 6.13. The fourth-order valence-corrected chi connectivity index (χ4v) is 2.06. The number of hydrogen-bond acceptors (Lipinski definition) is 4. The summed E-state index contributed by atoms with van der Waals surface area (Å²) in [5.41, 5.74) is 6.01. The quantitative estimate of drug-likeness (QED) is 0.777. The third-order valence-electron chi connectivity index (χ3n) is 2.98. The molecule has 0 aromatic heterocycles. The topological polar surface area (TPSA) is 81.8 Å². The highest BCUT2D eigenvalue weighted by atomic mass is 16.6. The maximum atomic E-state index is 10.9. The van der Waals surface area contributed by atoms with E-state index in [-0.39, 0.29) is 0 Å². The number of carbonyl (C=O) groups is 1. The fourth-order valence-electron chi connectivity index (χ4n) is 2.06. The molecule has 0 radical (unpaired) electrons. The van der Waals surface area contributed by atoms with Crippen molar-refractivity contribution in [2.75, 3.05) is 6.61 Å². The largest absolute Gasteiger partial charge is 0.443 e. The Kier molecular flexibility index (Phi) is 4.54. The van der Waals surface area contributed by atoms with Crippen LogP contribution in [0.2, 0.25) is 0 Å². The number of carbonyl (C=O) groups excluding carboxylic acids is 1. The van der Waals surface area contributed by atoms with Crippen LogP contribution in [0.1, 0.15) is 5.56 Å². The van der Waals surface area contributed by atoms with Gasteiger partial charge >= 0.3 is 6.09 Å². The summed E-state index contributed by atoms with van der Waals surface area (Å²) in [6.07, 6.45) is 0.928. The van der Waals surface area contributed by atoms with E-state index < -0.39 is 24.4 Å². The molecule has 1 aliphatic heterocycles. The number of aliphatic hydroxyl groups is 1. The molecule has 102 valence electrons. The second-order valence-electron chi connectivity index (χ2n) is 4.38. The molecule has 1 unspecified atom stereocenters. The van der Waals surface area contributed by atoms with Crippen molar-refractivity contribution in [2.24, 2.45) is 5.73 Å². The van der Waals surface area contributed by atoms with Crippen LogP contribution in [0, 0.1) is 0 Å². The molecule has 1 amide bonds. The number of hydrogen-bond donors (Lipinski definition) is 2. The highest BCUT2D eigenvalue weighted by Crippen LogP contribution is 2.17. The van der Waals surface area contributed by atoms with Gasteiger partial charge in [-0.3, -0.25) is 0 Å². The SMILES string of the molecule is NC(=O)OC(Cc1ccccc1)[C@H](O)[C@H]1C=CCO1. The second kappa shape index (κ2) is 6.36. The normalized spacial score (nSPS) is 21.0. The number of benzene rings is 1. The predicted molar refractivity (Wildman–Crippen MR) is 69.5 cm³/mol. The lowest BCUT2D eigenvalue weighted by Crippen LogP contribution is -2.42. The van der Waals surface area contributed by atoms with Crippen LogP contribution in [0.25, 0.3) is 0 Å². The van der Waals surface area contributed by atoms with Gasteiger partial charge in [-0.2, -0.15) is 0 Å². The molecular weight excluding hydrogens is 246 g/mol. The van der Waals surface area contributed by atoms with Gasteiger partial charge in [-0.05, 0) is 5.56 Å². The number of rotatable bonds is 5. The Morgan fingerprint density at radius 3 is 2.79 bits per heavy atom. The standard InChI is InChI=1S/C14H17NO4/c15-14(17)19-12(9-10-5-2-1-3-6-10)13(16)11-7-4-8-18-11/h1-7,11-13,16H,8-9H2,(H2,15,17)/t11-,12?,13-/m1/s1. The summed E-state index contributed by atoms with van der Waals surface area (Å²) in [5, 5.41) is 10.2. The Hall–Kier alpha value is -1.85. The monoisotopic (exact) mass is 263 g/mol. The highest BCUT2D eigenvalue weighted by molar-refractivity contribution is 5.64. The predicted octanol–water partition coefficient (Wildman–Crippen LogP) is 1.01. The van der Waals surface area contributed by atoms with Gasteiger partial charge in [0.2, 0.25) is 0 Å². The Balaban J connectivity index is 2.06. The molecule has 0 fully saturated rings. The second-order valence-corrected chi connectivity index (χ2v) is 4.38. The molecule has 0 saturated heterocycles. The van der Waals surface area contributed by atoms with Crippen molar-refractivity contribution in [3.8, 4) is 0 Å². The van der Waals surface area contributed by atoms with E-state index in [2.05, 4.69) is 0 Å². The van der Waals surface area contributed by atoms with Crippen LogP contribution in [0.15, 0.2) is 42.5 Å². The number of ether oxygens (including phenoxy) is 2.